The first-order chi connectivity index (χ1) is 15.0. The second-order valence-corrected chi connectivity index (χ2v) is 8.43. The van der Waals surface area contributed by atoms with Crippen molar-refractivity contribution in [2.75, 3.05) is 19.8 Å². The van der Waals surface area contributed by atoms with Crippen LogP contribution in [0.5, 0.6) is 5.75 Å². The number of aliphatic hydroxyl groups is 4. The highest BCUT2D eigenvalue weighted by Crippen LogP contribution is 2.36. The van der Waals surface area contributed by atoms with E-state index < -0.39 is 37.1 Å². The molecule has 8 heteroatoms. The SMILES string of the molecule is OC[C@H](O)[C@H]1OC(c2ccc(Cl)c(Cc3ccc(O[C@H]4CCOC4)cc3)c2)[C@H](O)[C@H]1O. The van der Waals surface area contributed by atoms with Crippen LogP contribution in [0.2, 0.25) is 5.02 Å². The standard InChI is InChI=1S/C23H27ClO7/c24-18-6-3-14(22-20(27)21(28)23(31-22)19(26)11-25)10-15(18)9-13-1-4-16(5-2-13)30-17-7-8-29-12-17/h1-6,10,17,19-23,25-28H,7-9,11-12H2/t17-,19-,20+,21+,22?,23+/m0/s1. The fourth-order valence-electron chi connectivity index (χ4n) is 4.01. The first-order valence-corrected chi connectivity index (χ1v) is 10.8. The average molecular weight is 451 g/mol. The summed E-state index contributed by atoms with van der Waals surface area (Å²) in [4.78, 5) is 0. The van der Waals surface area contributed by atoms with E-state index in [-0.39, 0.29) is 6.10 Å². The Balaban J connectivity index is 1.47. The molecule has 7 nitrogen and oxygen atoms in total. The fraction of sp³-hybridized carbons (Fsp3) is 0.478. The van der Waals surface area contributed by atoms with Crippen LogP contribution in [-0.2, 0) is 15.9 Å². The lowest BCUT2D eigenvalue weighted by molar-refractivity contribution is -0.0820. The summed E-state index contributed by atoms with van der Waals surface area (Å²) in [5.74, 6) is 0.795. The summed E-state index contributed by atoms with van der Waals surface area (Å²) in [5, 5.41) is 40.1. The Labute approximate surface area is 185 Å². The van der Waals surface area contributed by atoms with Crippen molar-refractivity contribution in [1.82, 2.24) is 0 Å². The number of ether oxygens (including phenoxy) is 3. The van der Waals surface area contributed by atoms with E-state index in [4.69, 9.17) is 30.9 Å². The van der Waals surface area contributed by atoms with Crippen molar-refractivity contribution in [3.8, 4) is 5.75 Å². The number of halogens is 1. The van der Waals surface area contributed by atoms with Gasteiger partial charge in [0, 0.05) is 11.4 Å². The summed E-state index contributed by atoms with van der Waals surface area (Å²) >= 11 is 6.40. The topological polar surface area (TPSA) is 109 Å². The summed E-state index contributed by atoms with van der Waals surface area (Å²) < 4.78 is 16.9. The predicted molar refractivity (Wildman–Crippen MR) is 113 cm³/mol. The van der Waals surface area contributed by atoms with Gasteiger partial charge in [-0.15, -0.1) is 0 Å². The van der Waals surface area contributed by atoms with Gasteiger partial charge in [-0.05, 0) is 41.3 Å². The second-order valence-electron chi connectivity index (χ2n) is 8.03. The summed E-state index contributed by atoms with van der Waals surface area (Å²) in [6.45, 7) is 0.776. The lowest BCUT2D eigenvalue weighted by Crippen LogP contribution is -2.40. The van der Waals surface area contributed by atoms with Gasteiger partial charge in [0.2, 0.25) is 0 Å². The highest BCUT2D eigenvalue weighted by molar-refractivity contribution is 6.31. The minimum absolute atomic E-state index is 0.0957. The molecule has 2 saturated heterocycles. The molecule has 4 N–H and O–H groups in total. The summed E-state index contributed by atoms with van der Waals surface area (Å²) in [6, 6.07) is 13.1. The van der Waals surface area contributed by atoms with Crippen LogP contribution in [0.4, 0.5) is 0 Å². The Morgan fingerprint density at radius 1 is 1.10 bits per heavy atom. The molecule has 6 atom stereocenters. The maximum absolute atomic E-state index is 10.4. The third kappa shape index (κ3) is 5.04. The molecule has 0 radical (unpaired) electrons. The van der Waals surface area contributed by atoms with E-state index in [0.29, 0.717) is 23.6 Å². The molecule has 2 aliphatic heterocycles. The molecule has 168 valence electrons. The average Bonchev–Trinajstić information content (AvgIpc) is 3.39. The first kappa shape index (κ1) is 22.5. The Morgan fingerprint density at radius 3 is 2.55 bits per heavy atom. The van der Waals surface area contributed by atoms with Crippen LogP contribution in [0.1, 0.15) is 29.2 Å². The summed E-state index contributed by atoms with van der Waals surface area (Å²) in [5.41, 5.74) is 2.52. The van der Waals surface area contributed by atoms with Crippen molar-refractivity contribution in [2.24, 2.45) is 0 Å². The quantitative estimate of drug-likeness (QED) is 0.507. The van der Waals surface area contributed by atoms with Gasteiger partial charge >= 0.3 is 0 Å². The van der Waals surface area contributed by atoms with E-state index in [1.807, 2.05) is 30.3 Å². The van der Waals surface area contributed by atoms with Crippen molar-refractivity contribution in [3.05, 3.63) is 64.2 Å². The number of hydrogen-bond donors (Lipinski definition) is 4. The second kappa shape index (κ2) is 9.83. The third-order valence-corrected chi connectivity index (χ3v) is 6.14. The molecular formula is C23H27ClO7. The van der Waals surface area contributed by atoms with Crippen molar-refractivity contribution in [1.29, 1.82) is 0 Å². The molecule has 2 aliphatic rings. The molecule has 0 spiro atoms. The van der Waals surface area contributed by atoms with E-state index in [9.17, 15) is 15.3 Å². The van der Waals surface area contributed by atoms with Crippen LogP contribution >= 0.6 is 11.6 Å². The van der Waals surface area contributed by atoms with E-state index in [2.05, 4.69) is 0 Å². The molecule has 0 saturated carbocycles. The normalized spacial score (nSPS) is 29.3. The number of aliphatic hydroxyl groups excluding tert-OH is 4. The van der Waals surface area contributed by atoms with Gasteiger partial charge in [0.25, 0.3) is 0 Å². The zero-order valence-electron chi connectivity index (χ0n) is 16.9. The molecule has 31 heavy (non-hydrogen) atoms. The molecule has 1 unspecified atom stereocenters. The van der Waals surface area contributed by atoms with Crippen LogP contribution in [0, 0.1) is 0 Å². The summed E-state index contributed by atoms with van der Waals surface area (Å²) in [7, 11) is 0. The van der Waals surface area contributed by atoms with Crippen molar-refractivity contribution < 1.29 is 34.6 Å². The molecular weight excluding hydrogens is 424 g/mol. The van der Waals surface area contributed by atoms with E-state index >= 15 is 0 Å². The van der Waals surface area contributed by atoms with Crippen molar-refractivity contribution in [2.45, 2.75) is 49.5 Å². The molecule has 0 bridgehead atoms. The zero-order chi connectivity index (χ0) is 22.0. The predicted octanol–water partition coefficient (Wildman–Crippen LogP) is 1.61. The molecule has 2 heterocycles. The van der Waals surface area contributed by atoms with Gasteiger partial charge in [0.15, 0.2) is 0 Å². The Morgan fingerprint density at radius 2 is 1.87 bits per heavy atom. The Hall–Kier alpha value is -1.71. The van der Waals surface area contributed by atoms with Crippen molar-refractivity contribution in [3.63, 3.8) is 0 Å². The van der Waals surface area contributed by atoms with Gasteiger partial charge in [-0.2, -0.15) is 0 Å². The van der Waals surface area contributed by atoms with Crippen LogP contribution < -0.4 is 4.74 Å². The molecule has 2 fully saturated rings. The molecule has 2 aromatic rings. The molecule has 0 amide bonds. The van der Waals surface area contributed by atoms with Crippen LogP contribution in [0.3, 0.4) is 0 Å². The molecule has 0 aliphatic carbocycles. The summed E-state index contributed by atoms with van der Waals surface area (Å²) in [6.07, 6.45) is -4.15. The Kier molecular flexibility index (Phi) is 7.13. The maximum Gasteiger partial charge on any atom is 0.124 e. The van der Waals surface area contributed by atoms with Gasteiger partial charge in [-0.3, -0.25) is 0 Å². The number of hydrogen-bond acceptors (Lipinski definition) is 7. The maximum atomic E-state index is 10.4. The smallest absolute Gasteiger partial charge is 0.124 e. The van der Waals surface area contributed by atoms with E-state index in [0.717, 1.165) is 29.9 Å². The first-order valence-electron chi connectivity index (χ1n) is 10.4. The van der Waals surface area contributed by atoms with Gasteiger partial charge in [0.05, 0.1) is 19.8 Å². The van der Waals surface area contributed by atoms with Gasteiger partial charge in [0.1, 0.15) is 42.4 Å². The molecule has 2 aromatic carbocycles. The van der Waals surface area contributed by atoms with Gasteiger partial charge < -0.3 is 34.6 Å². The highest BCUT2D eigenvalue weighted by Gasteiger charge is 2.46. The monoisotopic (exact) mass is 450 g/mol. The van der Waals surface area contributed by atoms with Crippen molar-refractivity contribution >= 4 is 11.6 Å². The Bertz CT molecular complexity index is 869. The fourth-order valence-corrected chi connectivity index (χ4v) is 4.20. The molecule has 4 rings (SSSR count). The lowest BCUT2D eigenvalue weighted by atomic mass is 9.96. The number of rotatable bonds is 7. The minimum atomic E-state index is -1.30. The largest absolute Gasteiger partial charge is 0.488 e. The van der Waals surface area contributed by atoms with Gasteiger partial charge in [-0.25, -0.2) is 0 Å². The van der Waals surface area contributed by atoms with Crippen LogP contribution in [-0.4, -0.2) is 70.8 Å². The zero-order valence-corrected chi connectivity index (χ0v) is 17.7. The lowest BCUT2D eigenvalue weighted by Gasteiger charge is -2.19. The number of benzene rings is 2. The van der Waals surface area contributed by atoms with E-state index in [1.165, 1.54) is 0 Å². The van der Waals surface area contributed by atoms with Gasteiger partial charge in [-0.1, -0.05) is 35.9 Å². The third-order valence-electron chi connectivity index (χ3n) is 5.77. The van der Waals surface area contributed by atoms with Crippen LogP contribution in [0.15, 0.2) is 42.5 Å². The van der Waals surface area contributed by atoms with E-state index in [1.54, 1.807) is 12.1 Å². The molecule has 0 aromatic heterocycles. The minimum Gasteiger partial charge on any atom is -0.488 e. The highest BCUT2D eigenvalue weighted by atomic mass is 35.5. The van der Waals surface area contributed by atoms with Crippen LogP contribution in [0.25, 0.3) is 0 Å².